The molecule has 0 spiro atoms. The van der Waals surface area contributed by atoms with Gasteiger partial charge in [-0.2, -0.15) is 11.8 Å². The fourth-order valence-electron chi connectivity index (χ4n) is 1.72. The number of hydrogen-bond acceptors (Lipinski definition) is 3. The molecule has 2 N–H and O–H groups in total. The Bertz CT molecular complexity index is 365. The zero-order valence-corrected chi connectivity index (χ0v) is 12.7. The number of amides is 1. The van der Waals surface area contributed by atoms with Gasteiger partial charge in [0.2, 0.25) is 5.91 Å². The summed E-state index contributed by atoms with van der Waals surface area (Å²) in [5, 5.41) is 6.05. The third-order valence-electron chi connectivity index (χ3n) is 2.82. The van der Waals surface area contributed by atoms with E-state index in [0.29, 0.717) is 6.54 Å². The molecule has 0 unspecified atom stereocenters. The topological polar surface area (TPSA) is 41.1 Å². The number of rotatable bonds is 9. The van der Waals surface area contributed by atoms with Gasteiger partial charge in [-0.1, -0.05) is 24.1 Å². The number of benzene rings is 1. The monoisotopic (exact) mass is 280 g/mol. The average Bonchev–Trinajstić information content (AvgIpc) is 2.40. The van der Waals surface area contributed by atoms with Crippen molar-refractivity contribution in [2.24, 2.45) is 0 Å². The molecule has 4 heteroatoms. The van der Waals surface area contributed by atoms with Crippen molar-refractivity contribution in [3.8, 4) is 0 Å². The Morgan fingerprint density at radius 1 is 1.16 bits per heavy atom. The largest absolute Gasteiger partial charge is 0.325 e. The maximum absolute atomic E-state index is 11.7. The molecule has 1 aromatic carbocycles. The van der Waals surface area contributed by atoms with Crippen molar-refractivity contribution in [1.82, 2.24) is 5.32 Å². The molecule has 19 heavy (non-hydrogen) atoms. The van der Waals surface area contributed by atoms with Crippen molar-refractivity contribution in [1.29, 1.82) is 0 Å². The predicted octanol–water partition coefficient (Wildman–Crippen LogP) is 3.06. The van der Waals surface area contributed by atoms with Crippen LogP contribution in [0.3, 0.4) is 0 Å². The normalized spacial score (nSPS) is 10.4. The second-order valence-electron chi connectivity index (χ2n) is 4.64. The second-order valence-corrected chi connectivity index (χ2v) is 5.63. The zero-order valence-electron chi connectivity index (χ0n) is 11.9. The summed E-state index contributed by atoms with van der Waals surface area (Å²) < 4.78 is 0. The van der Waals surface area contributed by atoms with Gasteiger partial charge in [-0.3, -0.25) is 4.79 Å². The highest BCUT2D eigenvalue weighted by atomic mass is 32.2. The van der Waals surface area contributed by atoms with Gasteiger partial charge in [0, 0.05) is 5.69 Å². The van der Waals surface area contributed by atoms with Crippen molar-refractivity contribution in [3.63, 3.8) is 0 Å². The Labute approximate surface area is 120 Å². The summed E-state index contributed by atoms with van der Waals surface area (Å²) in [5.74, 6) is 1.25. The molecule has 0 heterocycles. The molecule has 0 atom stereocenters. The van der Waals surface area contributed by atoms with E-state index in [9.17, 15) is 4.79 Å². The molecule has 1 amide bonds. The van der Waals surface area contributed by atoms with Crippen LogP contribution in [0.2, 0.25) is 0 Å². The molecule has 0 bridgehead atoms. The van der Waals surface area contributed by atoms with Crippen molar-refractivity contribution in [2.45, 2.75) is 26.2 Å². The number of carbonyl (C=O) groups excluding carboxylic acids is 1. The predicted molar refractivity (Wildman–Crippen MR) is 84.9 cm³/mol. The molecule has 0 aliphatic carbocycles. The van der Waals surface area contributed by atoms with Crippen molar-refractivity contribution < 1.29 is 4.79 Å². The highest BCUT2D eigenvalue weighted by Crippen LogP contribution is 2.07. The molecule has 0 aromatic heterocycles. The molecular formula is C15H24N2OS. The van der Waals surface area contributed by atoms with E-state index in [1.165, 1.54) is 24.2 Å². The standard InChI is InChI=1S/C15H24N2OS/c1-13-6-8-14(9-7-13)17-15(18)12-16-10-4-3-5-11-19-2/h6-9,16H,3-5,10-12H2,1-2H3,(H,17,18). The number of hydrogen-bond donors (Lipinski definition) is 2. The number of thioether (sulfide) groups is 1. The zero-order chi connectivity index (χ0) is 13.9. The maximum Gasteiger partial charge on any atom is 0.238 e. The van der Waals surface area contributed by atoms with Crippen LogP contribution in [0, 0.1) is 6.92 Å². The second kappa shape index (κ2) is 9.87. The number of anilines is 1. The van der Waals surface area contributed by atoms with Gasteiger partial charge in [0.25, 0.3) is 0 Å². The average molecular weight is 280 g/mol. The first-order valence-corrected chi connectivity index (χ1v) is 8.18. The highest BCUT2D eigenvalue weighted by Gasteiger charge is 2.01. The van der Waals surface area contributed by atoms with Gasteiger partial charge in [0.15, 0.2) is 0 Å². The van der Waals surface area contributed by atoms with E-state index in [-0.39, 0.29) is 5.91 Å². The summed E-state index contributed by atoms with van der Waals surface area (Å²) in [6, 6.07) is 7.84. The van der Waals surface area contributed by atoms with E-state index in [1.54, 1.807) is 0 Å². The Morgan fingerprint density at radius 3 is 2.58 bits per heavy atom. The van der Waals surface area contributed by atoms with Crippen molar-refractivity contribution >= 4 is 23.4 Å². The third-order valence-corrected chi connectivity index (χ3v) is 3.52. The van der Waals surface area contributed by atoms with Gasteiger partial charge in [-0.15, -0.1) is 0 Å². The molecule has 0 saturated heterocycles. The molecule has 0 aliphatic heterocycles. The van der Waals surface area contributed by atoms with Gasteiger partial charge in [0.1, 0.15) is 0 Å². The number of nitrogens with one attached hydrogen (secondary N) is 2. The van der Waals surface area contributed by atoms with Gasteiger partial charge < -0.3 is 10.6 Å². The molecule has 0 aliphatic rings. The minimum absolute atomic E-state index is 0.0213. The van der Waals surface area contributed by atoms with E-state index in [2.05, 4.69) is 16.9 Å². The Kier molecular flexibility index (Phi) is 8.34. The van der Waals surface area contributed by atoms with Crippen LogP contribution in [0.5, 0.6) is 0 Å². The van der Waals surface area contributed by atoms with Gasteiger partial charge >= 0.3 is 0 Å². The molecule has 3 nitrogen and oxygen atoms in total. The minimum atomic E-state index is 0.0213. The lowest BCUT2D eigenvalue weighted by Gasteiger charge is -2.07. The minimum Gasteiger partial charge on any atom is -0.325 e. The Hall–Kier alpha value is -1.00. The first-order chi connectivity index (χ1) is 9.22. The molecule has 1 rings (SSSR count). The lowest BCUT2D eigenvalue weighted by Crippen LogP contribution is -2.28. The summed E-state index contributed by atoms with van der Waals surface area (Å²) in [6.07, 6.45) is 5.76. The molecule has 106 valence electrons. The summed E-state index contributed by atoms with van der Waals surface area (Å²) in [7, 11) is 0. The van der Waals surface area contributed by atoms with Crippen LogP contribution in [0.15, 0.2) is 24.3 Å². The molecule has 0 saturated carbocycles. The molecular weight excluding hydrogens is 256 g/mol. The summed E-state index contributed by atoms with van der Waals surface area (Å²) >= 11 is 1.89. The van der Waals surface area contributed by atoms with Crippen LogP contribution < -0.4 is 10.6 Å². The van der Waals surface area contributed by atoms with Crippen LogP contribution in [0.25, 0.3) is 0 Å². The van der Waals surface area contributed by atoms with Crippen molar-refractivity contribution in [3.05, 3.63) is 29.8 Å². The van der Waals surface area contributed by atoms with Gasteiger partial charge in [0.05, 0.1) is 6.54 Å². The number of aryl methyl sites for hydroxylation is 1. The fourth-order valence-corrected chi connectivity index (χ4v) is 2.21. The fraction of sp³-hybridized carbons (Fsp3) is 0.533. The van der Waals surface area contributed by atoms with Crippen LogP contribution in [0.4, 0.5) is 5.69 Å². The van der Waals surface area contributed by atoms with Crippen LogP contribution >= 0.6 is 11.8 Å². The lowest BCUT2D eigenvalue weighted by molar-refractivity contribution is -0.115. The van der Waals surface area contributed by atoms with Crippen molar-refractivity contribution in [2.75, 3.05) is 30.4 Å². The summed E-state index contributed by atoms with van der Waals surface area (Å²) in [4.78, 5) is 11.7. The van der Waals surface area contributed by atoms with Crippen LogP contribution in [0.1, 0.15) is 24.8 Å². The molecule has 0 fully saturated rings. The van der Waals surface area contributed by atoms with Gasteiger partial charge in [-0.25, -0.2) is 0 Å². The molecule has 0 radical (unpaired) electrons. The van der Waals surface area contributed by atoms with Crippen LogP contribution in [-0.2, 0) is 4.79 Å². The van der Waals surface area contributed by atoms with E-state index in [1.807, 2.05) is 43.0 Å². The summed E-state index contributed by atoms with van der Waals surface area (Å²) in [6.45, 7) is 3.33. The highest BCUT2D eigenvalue weighted by molar-refractivity contribution is 7.98. The number of carbonyl (C=O) groups is 1. The quantitative estimate of drug-likeness (QED) is 0.683. The first-order valence-electron chi connectivity index (χ1n) is 6.78. The summed E-state index contributed by atoms with van der Waals surface area (Å²) in [5.41, 5.74) is 2.05. The van der Waals surface area contributed by atoms with E-state index in [0.717, 1.165) is 18.7 Å². The SMILES string of the molecule is CSCCCCCNCC(=O)Nc1ccc(C)cc1. The smallest absolute Gasteiger partial charge is 0.238 e. The van der Waals surface area contributed by atoms with E-state index in [4.69, 9.17) is 0 Å². The maximum atomic E-state index is 11.7. The Morgan fingerprint density at radius 2 is 1.89 bits per heavy atom. The lowest BCUT2D eigenvalue weighted by atomic mass is 10.2. The third kappa shape index (κ3) is 7.90. The Balaban J connectivity index is 2.06. The first kappa shape index (κ1) is 16.1. The number of unbranched alkanes of at least 4 members (excludes halogenated alkanes) is 2. The molecule has 1 aromatic rings. The van der Waals surface area contributed by atoms with Gasteiger partial charge in [-0.05, 0) is 50.5 Å². The van der Waals surface area contributed by atoms with Crippen LogP contribution in [-0.4, -0.2) is 31.0 Å². The van der Waals surface area contributed by atoms with E-state index >= 15 is 0 Å². The van der Waals surface area contributed by atoms with E-state index < -0.39 is 0 Å².